The van der Waals surface area contributed by atoms with E-state index < -0.39 is 0 Å². The van der Waals surface area contributed by atoms with Gasteiger partial charge < -0.3 is 10.1 Å². The highest BCUT2D eigenvalue weighted by molar-refractivity contribution is 6.13. The summed E-state index contributed by atoms with van der Waals surface area (Å²) in [7, 11) is 1.67. The minimum absolute atomic E-state index is 0.163. The summed E-state index contributed by atoms with van der Waals surface area (Å²) < 4.78 is 5.35. The fourth-order valence-corrected chi connectivity index (χ4v) is 5.45. The summed E-state index contributed by atoms with van der Waals surface area (Å²) >= 11 is 0. The van der Waals surface area contributed by atoms with Gasteiger partial charge in [0, 0.05) is 23.2 Å². The second kappa shape index (κ2) is 7.93. The third-order valence-electron chi connectivity index (χ3n) is 7.05. The van der Waals surface area contributed by atoms with E-state index in [1.165, 1.54) is 27.5 Å². The Balaban J connectivity index is 1.56. The smallest absolute Gasteiger partial charge is 0.162 e. The molecule has 33 heavy (non-hydrogen) atoms. The Bertz CT molecular complexity index is 1390. The predicted molar refractivity (Wildman–Crippen MR) is 134 cm³/mol. The van der Waals surface area contributed by atoms with Crippen LogP contribution >= 0.6 is 0 Å². The van der Waals surface area contributed by atoms with Gasteiger partial charge in [-0.05, 0) is 58.0 Å². The van der Waals surface area contributed by atoms with Crippen LogP contribution in [0.4, 0.5) is 5.69 Å². The van der Waals surface area contributed by atoms with Crippen LogP contribution in [0.15, 0.2) is 96.6 Å². The van der Waals surface area contributed by atoms with Crippen molar-refractivity contribution < 1.29 is 9.53 Å². The number of allylic oxidation sites excluding steroid dienone is 1. The van der Waals surface area contributed by atoms with Gasteiger partial charge in [-0.1, -0.05) is 72.8 Å². The maximum atomic E-state index is 13.7. The van der Waals surface area contributed by atoms with Crippen molar-refractivity contribution in [1.82, 2.24) is 0 Å². The van der Waals surface area contributed by atoms with E-state index in [-0.39, 0.29) is 17.7 Å². The van der Waals surface area contributed by atoms with Crippen LogP contribution in [0.3, 0.4) is 0 Å². The zero-order valence-electron chi connectivity index (χ0n) is 18.5. The quantitative estimate of drug-likeness (QED) is 0.383. The number of rotatable bonds is 3. The van der Waals surface area contributed by atoms with Crippen LogP contribution in [0.1, 0.15) is 41.5 Å². The standard InChI is InChI=1S/C30H25NO2/c1-33-23-14-11-21(12-15-23)30-29-25(17-22(18-27(29)32)19-7-3-2-4-8-19)28-24-10-6-5-9-20(24)13-16-26(28)31-30/h2-16,22,30-31H,17-18H2,1H3/t22-,30-/m1/s1. The van der Waals surface area contributed by atoms with Gasteiger partial charge in [-0.3, -0.25) is 4.79 Å². The number of nitrogens with one attached hydrogen (secondary N) is 1. The topological polar surface area (TPSA) is 38.3 Å². The molecule has 0 bridgehead atoms. The highest BCUT2D eigenvalue weighted by Crippen LogP contribution is 2.51. The fraction of sp³-hybridized carbons (Fsp3) is 0.167. The van der Waals surface area contributed by atoms with Crippen molar-refractivity contribution in [3.63, 3.8) is 0 Å². The van der Waals surface area contributed by atoms with Crippen LogP contribution in [0.25, 0.3) is 16.3 Å². The molecule has 0 radical (unpaired) electrons. The monoisotopic (exact) mass is 431 g/mol. The molecule has 2 aliphatic rings. The van der Waals surface area contributed by atoms with Crippen LogP contribution < -0.4 is 10.1 Å². The summed E-state index contributed by atoms with van der Waals surface area (Å²) in [6.07, 6.45) is 1.40. The number of benzene rings is 4. The van der Waals surface area contributed by atoms with E-state index in [9.17, 15) is 4.79 Å². The lowest BCUT2D eigenvalue weighted by molar-refractivity contribution is -0.116. The van der Waals surface area contributed by atoms with E-state index in [0.717, 1.165) is 29.0 Å². The summed E-state index contributed by atoms with van der Waals surface area (Å²) in [4.78, 5) is 13.7. The van der Waals surface area contributed by atoms with Gasteiger partial charge in [0.2, 0.25) is 0 Å². The van der Waals surface area contributed by atoms with Gasteiger partial charge in [0.15, 0.2) is 5.78 Å². The van der Waals surface area contributed by atoms with Crippen LogP contribution in [0, 0.1) is 0 Å². The molecule has 162 valence electrons. The number of ketones is 1. The van der Waals surface area contributed by atoms with Gasteiger partial charge in [-0.15, -0.1) is 0 Å². The molecule has 1 aliphatic carbocycles. The zero-order valence-corrected chi connectivity index (χ0v) is 18.5. The summed E-state index contributed by atoms with van der Waals surface area (Å²) in [5.74, 6) is 1.24. The minimum atomic E-state index is -0.163. The highest BCUT2D eigenvalue weighted by Gasteiger charge is 2.38. The van der Waals surface area contributed by atoms with E-state index >= 15 is 0 Å². The fourth-order valence-electron chi connectivity index (χ4n) is 5.45. The molecule has 3 heteroatoms. The average Bonchev–Trinajstić information content (AvgIpc) is 2.88. The average molecular weight is 432 g/mol. The zero-order chi connectivity index (χ0) is 22.4. The van der Waals surface area contributed by atoms with Gasteiger partial charge in [0.1, 0.15) is 5.75 Å². The third kappa shape index (κ3) is 3.32. The molecule has 0 fully saturated rings. The van der Waals surface area contributed by atoms with Gasteiger partial charge in [-0.2, -0.15) is 0 Å². The Morgan fingerprint density at radius 2 is 1.55 bits per heavy atom. The van der Waals surface area contributed by atoms with E-state index in [0.29, 0.717) is 6.42 Å². The Labute approximate surface area is 193 Å². The number of carbonyl (C=O) groups excluding carboxylic acids is 1. The molecule has 6 rings (SSSR count). The normalized spacial score (nSPS) is 19.6. The molecule has 2 atom stereocenters. The first-order valence-electron chi connectivity index (χ1n) is 11.5. The van der Waals surface area contributed by atoms with Gasteiger partial charge >= 0.3 is 0 Å². The maximum Gasteiger partial charge on any atom is 0.162 e. The Morgan fingerprint density at radius 3 is 2.33 bits per heavy atom. The molecule has 0 amide bonds. The Morgan fingerprint density at radius 1 is 0.788 bits per heavy atom. The number of hydrogen-bond acceptors (Lipinski definition) is 3. The summed E-state index contributed by atoms with van der Waals surface area (Å²) in [5, 5.41) is 6.10. The number of Topliss-reactive ketones (excluding diaryl/α,β-unsaturated/α-hetero) is 1. The lowest BCUT2D eigenvalue weighted by Gasteiger charge is -2.37. The Kier molecular flexibility index (Phi) is 4.76. The van der Waals surface area contributed by atoms with Crippen molar-refractivity contribution in [2.24, 2.45) is 0 Å². The summed E-state index contributed by atoms with van der Waals surface area (Å²) in [6.45, 7) is 0. The Hall–Kier alpha value is -3.85. The number of fused-ring (bicyclic) bond motifs is 4. The lowest BCUT2D eigenvalue weighted by Crippen LogP contribution is -2.29. The van der Waals surface area contributed by atoms with E-state index in [1.54, 1.807) is 7.11 Å². The predicted octanol–water partition coefficient (Wildman–Crippen LogP) is 6.92. The van der Waals surface area contributed by atoms with Gasteiger partial charge in [-0.25, -0.2) is 0 Å². The van der Waals surface area contributed by atoms with Crippen molar-refractivity contribution in [3.8, 4) is 5.75 Å². The van der Waals surface area contributed by atoms with Crippen LogP contribution in [-0.4, -0.2) is 12.9 Å². The summed E-state index contributed by atoms with van der Waals surface area (Å²) in [6, 6.07) is 31.1. The first-order valence-corrected chi connectivity index (χ1v) is 11.5. The lowest BCUT2D eigenvalue weighted by atomic mass is 9.71. The molecule has 0 unspecified atom stereocenters. The van der Waals surface area contributed by atoms with E-state index in [2.05, 4.69) is 78.1 Å². The summed E-state index contributed by atoms with van der Waals surface area (Å²) in [5.41, 5.74) is 6.69. The molecule has 4 aromatic rings. The van der Waals surface area contributed by atoms with Crippen molar-refractivity contribution in [2.45, 2.75) is 24.8 Å². The number of anilines is 1. The molecular formula is C30H25NO2. The molecule has 1 N–H and O–H groups in total. The SMILES string of the molecule is COc1ccc([C@H]2Nc3ccc4ccccc4c3C3=C2C(=O)C[C@H](c2ccccc2)C3)cc1. The molecule has 0 saturated carbocycles. The first-order chi connectivity index (χ1) is 16.2. The molecule has 1 aliphatic heterocycles. The van der Waals surface area contributed by atoms with E-state index in [4.69, 9.17) is 4.74 Å². The van der Waals surface area contributed by atoms with Gasteiger partial charge in [0.25, 0.3) is 0 Å². The third-order valence-corrected chi connectivity index (χ3v) is 7.05. The number of carbonyl (C=O) groups is 1. The number of hydrogen-bond donors (Lipinski definition) is 1. The molecule has 1 heterocycles. The second-order valence-corrected chi connectivity index (χ2v) is 8.89. The molecule has 0 aromatic heterocycles. The number of methoxy groups -OCH3 is 1. The second-order valence-electron chi connectivity index (χ2n) is 8.89. The van der Waals surface area contributed by atoms with Crippen molar-refractivity contribution in [1.29, 1.82) is 0 Å². The van der Waals surface area contributed by atoms with Crippen LogP contribution in [-0.2, 0) is 4.79 Å². The molecule has 4 aromatic carbocycles. The molecule has 3 nitrogen and oxygen atoms in total. The molecule has 0 spiro atoms. The van der Waals surface area contributed by atoms with E-state index in [1.807, 2.05) is 18.2 Å². The molecule has 0 saturated heterocycles. The van der Waals surface area contributed by atoms with Crippen molar-refractivity contribution in [3.05, 3.63) is 113 Å². The van der Waals surface area contributed by atoms with Crippen molar-refractivity contribution in [2.75, 3.05) is 12.4 Å². The van der Waals surface area contributed by atoms with Crippen molar-refractivity contribution >= 4 is 27.8 Å². The molecular weight excluding hydrogens is 406 g/mol. The first kappa shape index (κ1) is 19.8. The highest BCUT2D eigenvalue weighted by atomic mass is 16.5. The largest absolute Gasteiger partial charge is 0.497 e. The minimum Gasteiger partial charge on any atom is -0.497 e. The number of ether oxygens (including phenoxy) is 1. The van der Waals surface area contributed by atoms with Gasteiger partial charge in [0.05, 0.1) is 13.2 Å². The van der Waals surface area contributed by atoms with Crippen LogP contribution in [0.2, 0.25) is 0 Å². The maximum absolute atomic E-state index is 13.7. The van der Waals surface area contributed by atoms with Crippen LogP contribution in [0.5, 0.6) is 5.75 Å².